The monoisotopic (exact) mass is 283 g/mol. The Morgan fingerprint density at radius 2 is 1.89 bits per heavy atom. The summed E-state index contributed by atoms with van der Waals surface area (Å²) in [4.78, 5) is 0. The Hall–Kier alpha value is -1.07. The summed E-state index contributed by atoms with van der Waals surface area (Å²) in [6.07, 6.45) is 2.00. The van der Waals surface area contributed by atoms with Crippen LogP contribution in [0, 0.1) is 0 Å². The van der Waals surface area contributed by atoms with Gasteiger partial charge in [0.1, 0.15) is 0 Å². The molecule has 0 aliphatic carbocycles. The van der Waals surface area contributed by atoms with Gasteiger partial charge in [-0.05, 0) is 30.5 Å². The summed E-state index contributed by atoms with van der Waals surface area (Å²) in [6, 6.07) is 6.43. The Labute approximate surface area is 116 Å². The number of rotatable bonds is 5. The van der Waals surface area contributed by atoms with Crippen molar-refractivity contribution in [2.75, 3.05) is 25.7 Å². The number of hydrogen-bond donors (Lipinski definition) is 1. The predicted octanol–water partition coefficient (Wildman–Crippen LogP) is 1.70. The van der Waals surface area contributed by atoms with Gasteiger partial charge in [-0.1, -0.05) is 6.07 Å². The lowest BCUT2D eigenvalue weighted by molar-refractivity contribution is 0.354. The van der Waals surface area contributed by atoms with Gasteiger partial charge in [0, 0.05) is 34.9 Å². The van der Waals surface area contributed by atoms with Gasteiger partial charge in [-0.25, -0.2) is 0 Å². The lowest BCUT2D eigenvalue weighted by Gasteiger charge is -2.22. The quantitative estimate of drug-likeness (QED) is 0.893. The van der Waals surface area contributed by atoms with Crippen LogP contribution in [-0.4, -0.2) is 36.0 Å². The van der Waals surface area contributed by atoms with E-state index in [1.54, 1.807) is 14.2 Å². The summed E-state index contributed by atoms with van der Waals surface area (Å²) in [5, 5.41) is 3.52. The molecular weight excluding hydrogens is 262 g/mol. The average Bonchev–Trinajstić information content (AvgIpc) is 2.46. The van der Waals surface area contributed by atoms with Crippen LogP contribution >= 0.6 is 0 Å². The molecular formula is C14H21NO3S. The fourth-order valence-electron chi connectivity index (χ4n) is 2.25. The normalized spacial score (nSPS) is 23.1. The van der Waals surface area contributed by atoms with E-state index in [0.717, 1.165) is 42.4 Å². The Morgan fingerprint density at radius 1 is 1.21 bits per heavy atom. The van der Waals surface area contributed by atoms with Crippen LogP contribution in [0.4, 0.5) is 0 Å². The minimum atomic E-state index is -0.595. The van der Waals surface area contributed by atoms with Crippen molar-refractivity contribution in [3.8, 4) is 11.5 Å². The molecule has 4 nitrogen and oxygen atoms in total. The zero-order valence-electron chi connectivity index (χ0n) is 11.5. The van der Waals surface area contributed by atoms with Crippen molar-refractivity contribution < 1.29 is 13.7 Å². The third-order valence-electron chi connectivity index (χ3n) is 3.43. The van der Waals surface area contributed by atoms with E-state index in [9.17, 15) is 4.21 Å². The summed E-state index contributed by atoms with van der Waals surface area (Å²) in [6.45, 7) is 0.803. The molecule has 1 aliphatic heterocycles. The van der Waals surface area contributed by atoms with Gasteiger partial charge in [-0.15, -0.1) is 0 Å². The number of nitrogens with one attached hydrogen (secondary N) is 1. The number of methoxy groups -OCH3 is 2. The second-order valence-corrected chi connectivity index (χ2v) is 6.39. The molecule has 1 N–H and O–H groups in total. The Morgan fingerprint density at radius 3 is 2.53 bits per heavy atom. The molecule has 0 saturated carbocycles. The minimum absolute atomic E-state index is 0.478. The fourth-order valence-corrected chi connectivity index (χ4v) is 3.55. The lowest BCUT2D eigenvalue weighted by Crippen LogP contribution is -2.35. The zero-order valence-corrected chi connectivity index (χ0v) is 12.3. The van der Waals surface area contributed by atoms with Crippen LogP contribution in [0.5, 0.6) is 11.5 Å². The van der Waals surface area contributed by atoms with Crippen LogP contribution in [0.1, 0.15) is 18.4 Å². The van der Waals surface area contributed by atoms with Crippen molar-refractivity contribution in [3.05, 3.63) is 23.8 Å². The SMILES string of the molecule is COc1ccc(CNC2CCS(=O)CC2)cc1OC. The predicted molar refractivity (Wildman–Crippen MR) is 77.3 cm³/mol. The average molecular weight is 283 g/mol. The van der Waals surface area contributed by atoms with Gasteiger partial charge in [-0.2, -0.15) is 0 Å². The Bertz CT molecular complexity index is 440. The number of hydrogen-bond acceptors (Lipinski definition) is 4. The Kier molecular flexibility index (Phi) is 5.22. The highest BCUT2D eigenvalue weighted by atomic mass is 32.2. The highest BCUT2D eigenvalue weighted by Crippen LogP contribution is 2.27. The molecule has 0 radical (unpaired) electrons. The second kappa shape index (κ2) is 6.91. The largest absolute Gasteiger partial charge is 0.493 e. The van der Waals surface area contributed by atoms with Gasteiger partial charge >= 0.3 is 0 Å². The van der Waals surface area contributed by atoms with Crippen LogP contribution in [0.15, 0.2) is 18.2 Å². The van der Waals surface area contributed by atoms with E-state index in [2.05, 4.69) is 5.32 Å². The molecule has 0 aromatic heterocycles. The van der Waals surface area contributed by atoms with Gasteiger partial charge < -0.3 is 14.8 Å². The van der Waals surface area contributed by atoms with Gasteiger partial charge in [0.05, 0.1) is 14.2 Å². The molecule has 1 aliphatic rings. The molecule has 106 valence electrons. The van der Waals surface area contributed by atoms with E-state index >= 15 is 0 Å². The van der Waals surface area contributed by atoms with Gasteiger partial charge in [0.2, 0.25) is 0 Å². The molecule has 1 aromatic carbocycles. The van der Waals surface area contributed by atoms with E-state index in [0.29, 0.717) is 6.04 Å². The first-order valence-corrected chi connectivity index (χ1v) is 8.01. The molecule has 1 heterocycles. The molecule has 1 saturated heterocycles. The molecule has 0 amide bonds. The highest BCUT2D eigenvalue weighted by molar-refractivity contribution is 7.85. The first kappa shape index (κ1) is 14.3. The van der Waals surface area contributed by atoms with E-state index < -0.39 is 10.8 Å². The van der Waals surface area contributed by atoms with Gasteiger partial charge in [0.25, 0.3) is 0 Å². The lowest BCUT2D eigenvalue weighted by atomic mass is 10.1. The molecule has 1 fully saturated rings. The van der Waals surface area contributed by atoms with E-state index in [1.165, 1.54) is 5.56 Å². The third kappa shape index (κ3) is 3.94. The summed E-state index contributed by atoms with van der Waals surface area (Å²) in [5.74, 6) is 3.15. The van der Waals surface area contributed by atoms with Crippen molar-refractivity contribution in [3.63, 3.8) is 0 Å². The van der Waals surface area contributed by atoms with Gasteiger partial charge in [-0.3, -0.25) is 4.21 Å². The maximum Gasteiger partial charge on any atom is 0.161 e. The van der Waals surface area contributed by atoms with Crippen molar-refractivity contribution in [2.45, 2.75) is 25.4 Å². The second-order valence-electron chi connectivity index (χ2n) is 4.69. The number of benzene rings is 1. The number of ether oxygens (including phenoxy) is 2. The molecule has 0 spiro atoms. The smallest absolute Gasteiger partial charge is 0.161 e. The Balaban J connectivity index is 1.90. The minimum Gasteiger partial charge on any atom is -0.493 e. The standard InChI is InChI=1S/C14H21NO3S/c1-17-13-4-3-11(9-14(13)18-2)10-15-12-5-7-19(16)8-6-12/h3-4,9,12,15H,5-8,10H2,1-2H3. The highest BCUT2D eigenvalue weighted by Gasteiger charge is 2.17. The summed E-state index contributed by atoms with van der Waals surface area (Å²) in [5.41, 5.74) is 1.17. The van der Waals surface area contributed by atoms with E-state index in [4.69, 9.17) is 9.47 Å². The van der Waals surface area contributed by atoms with Crippen LogP contribution < -0.4 is 14.8 Å². The topological polar surface area (TPSA) is 47.6 Å². The molecule has 1 aromatic rings. The third-order valence-corrected chi connectivity index (χ3v) is 4.81. The molecule has 19 heavy (non-hydrogen) atoms. The molecule has 0 unspecified atom stereocenters. The van der Waals surface area contributed by atoms with Crippen LogP contribution in [0.2, 0.25) is 0 Å². The molecule has 0 atom stereocenters. The van der Waals surface area contributed by atoms with Crippen LogP contribution in [0.25, 0.3) is 0 Å². The fraction of sp³-hybridized carbons (Fsp3) is 0.571. The van der Waals surface area contributed by atoms with Crippen molar-refractivity contribution in [1.82, 2.24) is 5.32 Å². The summed E-state index contributed by atoms with van der Waals surface area (Å²) >= 11 is 0. The zero-order chi connectivity index (χ0) is 13.7. The maximum atomic E-state index is 11.3. The molecule has 0 bridgehead atoms. The summed E-state index contributed by atoms with van der Waals surface area (Å²) in [7, 11) is 2.69. The summed E-state index contributed by atoms with van der Waals surface area (Å²) < 4.78 is 21.8. The first-order valence-electron chi connectivity index (χ1n) is 6.52. The molecule has 5 heteroatoms. The van der Waals surface area contributed by atoms with Crippen LogP contribution in [-0.2, 0) is 17.3 Å². The van der Waals surface area contributed by atoms with Crippen LogP contribution in [0.3, 0.4) is 0 Å². The van der Waals surface area contributed by atoms with E-state index in [-0.39, 0.29) is 0 Å². The van der Waals surface area contributed by atoms with E-state index in [1.807, 2.05) is 18.2 Å². The van der Waals surface area contributed by atoms with Crippen molar-refractivity contribution >= 4 is 10.8 Å². The maximum absolute atomic E-state index is 11.3. The van der Waals surface area contributed by atoms with Crippen molar-refractivity contribution in [2.24, 2.45) is 0 Å². The van der Waals surface area contributed by atoms with Gasteiger partial charge in [0.15, 0.2) is 11.5 Å². The van der Waals surface area contributed by atoms with Crippen molar-refractivity contribution in [1.29, 1.82) is 0 Å². The first-order chi connectivity index (χ1) is 9.22. The molecule has 2 rings (SSSR count).